The molecule has 0 aliphatic carbocycles. The Morgan fingerprint density at radius 2 is 0.877 bits per heavy atom. The molecule has 0 aliphatic heterocycles. The largest absolute Gasteiger partial charge is 0.288 e. The maximum absolute atomic E-state index is 12.7. The van der Waals surface area contributed by atoms with Crippen LogP contribution >= 0.6 is 25.3 Å². The summed E-state index contributed by atoms with van der Waals surface area (Å²) in [6.07, 6.45) is 18.7. The van der Waals surface area contributed by atoms with Gasteiger partial charge in [-0.1, -0.05) is 169 Å². The molecule has 0 heterocycles. The van der Waals surface area contributed by atoms with E-state index in [0.29, 0.717) is 60.2 Å². The molecule has 8 atom stereocenters. The molecular formula is C53H88O2S2. The molecule has 8 unspecified atom stereocenters. The SMILES string of the molecule is CCCCCCC(CC(CC(CC(CCCCCC)c1ccccc1C)C(CCC(=O)S)C(C)C(C)(C)C)C(CCC(=O)S)C(C)C(C)(C)C)c1ccccc1C. The van der Waals surface area contributed by atoms with Crippen LogP contribution in [0.25, 0.3) is 0 Å². The number of thiol groups is 2. The lowest BCUT2D eigenvalue weighted by Crippen LogP contribution is -2.37. The molecule has 4 heteroatoms. The molecule has 2 aromatic carbocycles. The predicted octanol–water partition coefficient (Wildman–Crippen LogP) is 16.6. The number of benzene rings is 2. The van der Waals surface area contributed by atoms with Crippen molar-refractivity contribution in [1.29, 1.82) is 0 Å². The molecular weight excluding hydrogens is 733 g/mol. The molecule has 0 aromatic heterocycles. The molecule has 0 saturated carbocycles. The number of unbranched alkanes of at least 4 members (excludes halogenated alkanes) is 6. The second-order valence-corrected chi connectivity index (χ2v) is 21.5. The van der Waals surface area contributed by atoms with Crippen molar-refractivity contribution in [3.63, 3.8) is 0 Å². The van der Waals surface area contributed by atoms with Gasteiger partial charge in [-0.3, -0.25) is 9.59 Å². The highest BCUT2D eigenvalue weighted by atomic mass is 32.1. The zero-order valence-corrected chi connectivity index (χ0v) is 40.8. The zero-order valence-electron chi connectivity index (χ0n) is 39.0. The summed E-state index contributed by atoms with van der Waals surface area (Å²) in [7, 11) is 0. The van der Waals surface area contributed by atoms with E-state index in [1.807, 2.05) is 0 Å². The van der Waals surface area contributed by atoms with Gasteiger partial charge in [-0.2, -0.15) is 0 Å². The zero-order chi connectivity index (χ0) is 42.8. The van der Waals surface area contributed by atoms with Gasteiger partial charge in [0.1, 0.15) is 0 Å². The number of aryl methyl sites for hydroxylation is 2. The smallest absolute Gasteiger partial charge is 0.185 e. The van der Waals surface area contributed by atoms with Gasteiger partial charge in [-0.05, 0) is 139 Å². The van der Waals surface area contributed by atoms with Crippen molar-refractivity contribution in [2.45, 2.75) is 204 Å². The van der Waals surface area contributed by atoms with Crippen LogP contribution in [0.1, 0.15) is 212 Å². The van der Waals surface area contributed by atoms with Crippen LogP contribution < -0.4 is 0 Å². The van der Waals surface area contributed by atoms with Crippen molar-refractivity contribution in [3.05, 3.63) is 70.8 Å². The Labute approximate surface area is 364 Å². The third kappa shape index (κ3) is 18.3. The van der Waals surface area contributed by atoms with Gasteiger partial charge in [0.25, 0.3) is 0 Å². The monoisotopic (exact) mass is 821 g/mol. The molecule has 0 aliphatic rings. The minimum absolute atomic E-state index is 0.00430. The van der Waals surface area contributed by atoms with Crippen LogP contribution in [-0.2, 0) is 9.59 Å². The van der Waals surface area contributed by atoms with E-state index in [9.17, 15) is 9.59 Å². The third-order valence-corrected chi connectivity index (χ3v) is 14.9. The molecule has 324 valence electrons. The van der Waals surface area contributed by atoms with E-state index in [4.69, 9.17) is 0 Å². The average Bonchev–Trinajstić information content (AvgIpc) is 3.13. The van der Waals surface area contributed by atoms with E-state index in [1.165, 1.54) is 86.5 Å². The molecule has 2 nitrogen and oxygen atoms in total. The molecule has 57 heavy (non-hydrogen) atoms. The highest BCUT2D eigenvalue weighted by molar-refractivity contribution is 7.96. The third-order valence-electron chi connectivity index (χ3n) is 14.5. The first kappa shape index (κ1) is 51.6. The van der Waals surface area contributed by atoms with Gasteiger partial charge >= 0.3 is 0 Å². The Hall–Kier alpha value is -1.52. The maximum atomic E-state index is 12.7. The molecule has 0 spiro atoms. The fourth-order valence-corrected chi connectivity index (χ4v) is 10.4. The van der Waals surface area contributed by atoms with E-state index in [1.54, 1.807) is 0 Å². The van der Waals surface area contributed by atoms with Gasteiger partial charge < -0.3 is 0 Å². The van der Waals surface area contributed by atoms with Crippen molar-refractivity contribution in [2.24, 2.45) is 46.3 Å². The van der Waals surface area contributed by atoms with Crippen LogP contribution in [0, 0.1) is 60.2 Å². The topological polar surface area (TPSA) is 34.1 Å². The van der Waals surface area contributed by atoms with Crippen LogP contribution in [-0.4, -0.2) is 10.2 Å². The van der Waals surface area contributed by atoms with Crippen LogP contribution in [0.4, 0.5) is 0 Å². The van der Waals surface area contributed by atoms with Crippen molar-refractivity contribution in [1.82, 2.24) is 0 Å². The van der Waals surface area contributed by atoms with Gasteiger partial charge in [-0.25, -0.2) is 0 Å². The predicted molar refractivity (Wildman–Crippen MR) is 257 cm³/mol. The number of rotatable bonds is 28. The van der Waals surface area contributed by atoms with Gasteiger partial charge in [0.2, 0.25) is 0 Å². The minimum atomic E-state index is 0.00430. The van der Waals surface area contributed by atoms with Gasteiger partial charge in [0.05, 0.1) is 0 Å². The summed E-state index contributed by atoms with van der Waals surface area (Å²) in [6, 6.07) is 18.3. The fourth-order valence-electron chi connectivity index (χ4n) is 10.2. The van der Waals surface area contributed by atoms with Crippen LogP contribution in [0.3, 0.4) is 0 Å². The molecule has 2 rings (SSSR count). The molecule has 0 amide bonds. The molecule has 0 fully saturated rings. The highest BCUT2D eigenvalue weighted by Crippen LogP contribution is 2.50. The van der Waals surface area contributed by atoms with Gasteiger partial charge in [-0.15, -0.1) is 25.3 Å². The number of hydrogen-bond donors (Lipinski definition) is 2. The maximum Gasteiger partial charge on any atom is 0.185 e. The van der Waals surface area contributed by atoms with E-state index < -0.39 is 0 Å². The second kappa shape index (κ2) is 26.0. The molecule has 0 N–H and O–H groups in total. The van der Waals surface area contributed by atoms with Crippen molar-refractivity contribution in [3.8, 4) is 0 Å². The van der Waals surface area contributed by atoms with Crippen LogP contribution in [0.15, 0.2) is 48.5 Å². The van der Waals surface area contributed by atoms with Crippen LogP contribution in [0.5, 0.6) is 0 Å². The van der Waals surface area contributed by atoms with Crippen molar-refractivity contribution < 1.29 is 9.59 Å². The Morgan fingerprint density at radius 1 is 0.526 bits per heavy atom. The average molecular weight is 821 g/mol. The Morgan fingerprint density at radius 3 is 1.18 bits per heavy atom. The normalized spacial score (nSPS) is 16.7. The second-order valence-electron chi connectivity index (χ2n) is 20.5. The van der Waals surface area contributed by atoms with E-state index >= 15 is 0 Å². The standard InChI is InChI=1S/C53H88O2S2/c1-13-15-17-19-27-42(46-29-23-21-25-38(46)3)35-44(48(31-33-50(54)56)40(5)52(7,8)9)37-45(49(32-34-51(55)57)41(6)53(10,11)12)36-43(28-20-18-16-14-2)47-30-24-22-26-39(47)4/h21-26,29-30,40-45,48-49H,13-20,27-28,31-37H2,1-12H3,(H,54,56)(H,55,57). The Kier molecular flexibility index (Phi) is 23.5. The lowest BCUT2D eigenvalue weighted by molar-refractivity contribution is -0.112. The van der Waals surface area contributed by atoms with E-state index in [-0.39, 0.29) is 21.1 Å². The molecule has 0 bridgehead atoms. The lowest BCUT2D eigenvalue weighted by atomic mass is 9.60. The summed E-state index contributed by atoms with van der Waals surface area (Å²) in [5, 5.41) is 0.00861. The first-order chi connectivity index (χ1) is 26.8. The van der Waals surface area contributed by atoms with Gasteiger partial charge in [0.15, 0.2) is 10.2 Å². The molecule has 0 radical (unpaired) electrons. The first-order valence-corrected chi connectivity index (χ1v) is 24.3. The Bertz CT molecular complexity index is 1330. The Balaban J connectivity index is 2.92. The summed E-state index contributed by atoms with van der Waals surface area (Å²) in [6.45, 7) is 28.6. The van der Waals surface area contributed by atoms with E-state index in [2.05, 4.69) is 157 Å². The molecule has 0 saturated heterocycles. The highest BCUT2D eigenvalue weighted by Gasteiger charge is 2.41. The van der Waals surface area contributed by atoms with Crippen LogP contribution in [0.2, 0.25) is 0 Å². The summed E-state index contributed by atoms with van der Waals surface area (Å²) < 4.78 is 0. The van der Waals surface area contributed by atoms with Crippen molar-refractivity contribution >= 4 is 35.5 Å². The summed E-state index contributed by atoms with van der Waals surface area (Å²) in [5.41, 5.74) is 6.01. The summed E-state index contributed by atoms with van der Waals surface area (Å²) in [4.78, 5) is 25.4. The summed E-state index contributed by atoms with van der Waals surface area (Å²) in [5.74, 6) is 3.38. The minimum Gasteiger partial charge on any atom is -0.288 e. The first-order valence-electron chi connectivity index (χ1n) is 23.4. The van der Waals surface area contributed by atoms with E-state index in [0.717, 1.165) is 32.1 Å². The quantitative estimate of drug-likeness (QED) is 0.0662. The number of hydrogen-bond acceptors (Lipinski definition) is 2. The number of carbonyl (C=O) groups excluding carboxylic acids is 2. The number of carbonyl (C=O) groups is 2. The molecule has 2 aromatic rings. The lowest BCUT2D eigenvalue weighted by Gasteiger charge is -2.45. The van der Waals surface area contributed by atoms with Crippen molar-refractivity contribution in [2.75, 3.05) is 0 Å². The van der Waals surface area contributed by atoms with Gasteiger partial charge in [0, 0.05) is 12.8 Å². The fraction of sp³-hybridized carbons (Fsp3) is 0.736. The summed E-state index contributed by atoms with van der Waals surface area (Å²) >= 11 is 8.72.